The molecule has 0 aliphatic carbocycles. The Morgan fingerprint density at radius 1 is 1.78 bits per heavy atom. The van der Waals surface area contributed by atoms with Crippen LogP contribution in [-0.2, 0) is 9.53 Å². The Labute approximate surface area is 66.6 Å². The fourth-order valence-corrected chi connectivity index (χ4v) is 0.318. The van der Waals surface area contributed by atoms with Gasteiger partial charge in [0.25, 0.3) is 0 Å². The van der Waals surface area contributed by atoms with Gasteiger partial charge in [0.05, 0.1) is 12.1 Å². The van der Waals surface area contributed by atoms with E-state index in [1.165, 1.54) is 6.92 Å². The Hall–Kier alpha value is 0.0274. The van der Waals surface area contributed by atoms with Crippen molar-refractivity contribution in [3.63, 3.8) is 0 Å². The van der Waals surface area contributed by atoms with Crippen molar-refractivity contribution in [3.05, 3.63) is 0 Å². The van der Waals surface area contributed by atoms with Crippen LogP contribution in [0.2, 0.25) is 0 Å². The van der Waals surface area contributed by atoms with E-state index in [-0.39, 0.29) is 18.9 Å². The predicted molar refractivity (Wildman–Crippen MR) is 26.1 cm³/mol. The Kier molecular flexibility index (Phi) is 8.05. The van der Waals surface area contributed by atoms with Crippen LogP contribution >= 0.6 is 0 Å². The van der Waals surface area contributed by atoms with Gasteiger partial charge in [-0.15, -0.1) is 0 Å². The molecule has 0 rings (SSSR count). The smallest absolute Gasteiger partial charge is 0.547 e. The summed E-state index contributed by atoms with van der Waals surface area (Å²) in [5.41, 5.74) is 0. The van der Waals surface area contributed by atoms with Crippen LogP contribution in [0.4, 0.5) is 0 Å². The quantitative estimate of drug-likeness (QED) is 0.362. The maximum absolute atomic E-state index is 9.85. The van der Waals surface area contributed by atoms with Crippen molar-refractivity contribution < 1.29 is 33.5 Å². The maximum atomic E-state index is 9.85. The Bertz CT molecular complexity index is 84.3. The van der Waals surface area contributed by atoms with E-state index in [4.69, 9.17) is 0 Å². The van der Waals surface area contributed by atoms with Gasteiger partial charge in [0.2, 0.25) is 0 Å². The van der Waals surface area contributed by atoms with Crippen LogP contribution in [0.5, 0.6) is 0 Å². The van der Waals surface area contributed by atoms with Crippen LogP contribution in [0, 0.1) is 0 Å². The van der Waals surface area contributed by atoms with Gasteiger partial charge in [0, 0.05) is 6.61 Å². The molecule has 1 atom stereocenters. The third kappa shape index (κ3) is 5.91. The van der Waals surface area contributed by atoms with Gasteiger partial charge in [-0.3, -0.25) is 0 Å². The van der Waals surface area contributed by atoms with Gasteiger partial charge in [-0.2, -0.15) is 0 Å². The van der Waals surface area contributed by atoms with Crippen LogP contribution in [0.15, 0.2) is 0 Å². The Morgan fingerprint density at radius 3 is 2.33 bits per heavy atom. The maximum Gasteiger partial charge on any atom is 1.00 e. The summed E-state index contributed by atoms with van der Waals surface area (Å²) >= 11 is 0. The second-order valence-electron chi connectivity index (χ2n) is 1.42. The molecule has 0 aromatic rings. The normalized spacial score (nSPS) is 11.8. The van der Waals surface area contributed by atoms with Crippen molar-refractivity contribution in [1.29, 1.82) is 0 Å². The first-order valence-corrected chi connectivity index (χ1v) is 2.51. The molecule has 48 valence electrons. The van der Waals surface area contributed by atoms with Crippen LogP contribution in [0.3, 0.4) is 0 Å². The van der Waals surface area contributed by atoms with E-state index in [0.717, 1.165) is 0 Å². The van der Waals surface area contributed by atoms with Gasteiger partial charge in [-0.1, -0.05) is 0 Å². The number of carboxylic acid groups (broad SMARTS) is 1. The number of hydrogen-bond acceptors (Lipinski definition) is 3. The van der Waals surface area contributed by atoms with Gasteiger partial charge in [-0.25, -0.2) is 0 Å². The van der Waals surface area contributed by atoms with Gasteiger partial charge in [-0.05, 0) is 13.8 Å². The van der Waals surface area contributed by atoms with Crippen molar-refractivity contribution in [1.82, 2.24) is 0 Å². The molecule has 9 heavy (non-hydrogen) atoms. The summed E-state index contributed by atoms with van der Waals surface area (Å²) in [5.74, 6) is -1.16. The largest absolute Gasteiger partial charge is 1.00 e. The molecule has 0 aliphatic heterocycles. The molecule has 0 radical (unpaired) electrons. The number of carbonyl (C=O) groups is 1. The van der Waals surface area contributed by atoms with E-state index < -0.39 is 12.1 Å². The summed E-state index contributed by atoms with van der Waals surface area (Å²) in [4.78, 5) is 9.85. The summed E-state index contributed by atoms with van der Waals surface area (Å²) < 4.78 is 4.64. The number of carboxylic acids is 1. The Balaban J connectivity index is 0. The van der Waals surface area contributed by atoms with Crippen LogP contribution < -0.4 is 24.0 Å². The molecule has 0 aromatic heterocycles. The summed E-state index contributed by atoms with van der Waals surface area (Å²) in [6.45, 7) is 3.59. The zero-order valence-corrected chi connectivity index (χ0v) is 6.01. The number of hydrogen-bond donors (Lipinski definition) is 0. The van der Waals surface area contributed by atoms with Gasteiger partial charge >= 0.3 is 18.9 Å². The van der Waals surface area contributed by atoms with Crippen molar-refractivity contribution in [2.45, 2.75) is 20.0 Å². The predicted octanol–water partition coefficient (Wildman–Crippen LogP) is -3.83. The number of ether oxygens (including phenoxy) is 1. The van der Waals surface area contributed by atoms with E-state index in [9.17, 15) is 9.90 Å². The van der Waals surface area contributed by atoms with Gasteiger partial charge in [0.1, 0.15) is 0 Å². The standard InChI is InChI=1S/C5H10O3.Li/c1-3-8-4(2)5(6)7;/h4H,3H2,1-2H3,(H,6,7);/q;+1/p-1. The molecular formula is C5H9LiO3. The molecule has 4 heteroatoms. The molecule has 0 bridgehead atoms. The third-order valence-electron chi connectivity index (χ3n) is 0.749. The molecular weight excluding hydrogens is 115 g/mol. The molecule has 0 aromatic carbocycles. The minimum atomic E-state index is -1.16. The van der Waals surface area contributed by atoms with Crippen LogP contribution in [-0.4, -0.2) is 18.7 Å². The molecule has 0 N–H and O–H groups in total. The van der Waals surface area contributed by atoms with Gasteiger partial charge in [0.15, 0.2) is 0 Å². The van der Waals surface area contributed by atoms with E-state index in [1.54, 1.807) is 6.92 Å². The number of carbonyl (C=O) groups excluding carboxylic acids is 1. The minimum absolute atomic E-state index is 0. The summed E-state index contributed by atoms with van der Waals surface area (Å²) in [7, 11) is 0. The monoisotopic (exact) mass is 124 g/mol. The molecule has 0 heterocycles. The first kappa shape index (κ1) is 11.8. The van der Waals surface area contributed by atoms with Crippen LogP contribution in [0.1, 0.15) is 13.8 Å². The molecule has 0 saturated heterocycles. The molecule has 1 unspecified atom stereocenters. The summed E-state index contributed by atoms with van der Waals surface area (Å²) in [6.07, 6.45) is -0.778. The molecule has 3 nitrogen and oxygen atoms in total. The van der Waals surface area contributed by atoms with E-state index in [1.807, 2.05) is 0 Å². The first-order chi connectivity index (χ1) is 3.68. The summed E-state index contributed by atoms with van der Waals surface area (Å²) in [5, 5.41) is 9.85. The molecule has 0 saturated carbocycles. The van der Waals surface area contributed by atoms with E-state index >= 15 is 0 Å². The fraction of sp³-hybridized carbons (Fsp3) is 0.800. The molecule has 0 spiro atoms. The van der Waals surface area contributed by atoms with E-state index in [0.29, 0.717) is 6.61 Å². The van der Waals surface area contributed by atoms with Crippen molar-refractivity contribution in [2.75, 3.05) is 6.61 Å². The second kappa shape index (κ2) is 6.15. The van der Waals surface area contributed by atoms with Crippen LogP contribution in [0.25, 0.3) is 0 Å². The topological polar surface area (TPSA) is 49.4 Å². The van der Waals surface area contributed by atoms with Crippen molar-refractivity contribution >= 4 is 5.97 Å². The zero-order chi connectivity index (χ0) is 6.57. The second-order valence-corrected chi connectivity index (χ2v) is 1.42. The third-order valence-corrected chi connectivity index (χ3v) is 0.749. The SMILES string of the molecule is CCOC(C)C(=O)[O-].[Li+]. The van der Waals surface area contributed by atoms with Gasteiger partial charge < -0.3 is 14.6 Å². The Morgan fingerprint density at radius 2 is 2.22 bits per heavy atom. The number of rotatable bonds is 3. The molecule has 0 amide bonds. The average molecular weight is 124 g/mol. The minimum Gasteiger partial charge on any atom is -0.547 e. The summed E-state index contributed by atoms with van der Waals surface area (Å²) in [6, 6.07) is 0. The fourth-order valence-electron chi connectivity index (χ4n) is 0.318. The zero-order valence-electron chi connectivity index (χ0n) is 6.01. The molecule has 0 aliphatic rings. The number of aliphatic carboxylic acids is 1. The van der Waals surface area contributed by atoms with E-state index in [2.05, 4.69) is 4.74 Å². The van der Waals surface area contributed by atoms with Crippen molar-refractivity contribution in [2.24, 2.45) is 0 Å². The first-order valence-electron chi connectivity index (χ1n) is 2.51. The molecule has 0 fully saturated rings. The average Bonchev–Trinajstić information content (AvgIpc) is 1.67. The van der Waals surface area contributed by atoms with Crippen molar-refractivity contribution in [3.8, 4) is 0 Å².